The van der Waals surface area contributed by atoms with Gasteiger partial charge in [-0.05, 0) is 26.3 Å². The molecule has 0 bridgehead atoms. The molecule has 94 valence electrons. The number of hydrogen-bond acceptors (Lipinski definition) is 3. The Labute approximate surface area is 103 Å². The van der Waals surface area contributed by atoms with E-state index >= 15 is 0 Å². The summed E-state index contributed by atoms with van der Waals surface area (Å²) < 4.78 is 17.1. The van der Waals surface area contributed by atoms with E-state index in [0.29, 0.717) is 13.2 Å². The van der Waals surface area contributed by atoms with Crippen molar-refractivity contribution in [3.8, 4) is 0 Å². The maximum absolute atomic E-state index is 5.75. The van der Waals surface area contributed by atoms with Crippen molar-refractivity contribution < 1.29 is 14.2 Å². The quantitative estimate of drug-likeness (QED) is 0.804. The lowest BCUT2D eigenvalue weighted by Gasteiger charge is -2.16. The van der Waals surface area contributed by atoms with Crippen molar-refractivity contribution in [2.45, 2.75) is 45.4 Å². The van der Waals surface area contributed by atoms with E-state index in [1.165, 1.54) is 5.56 Å². The van der Waals surface area contributed by atoms with E-state index in [0.717, 1.165) is 0 Å². The van der Waals surface area contributed by atoms with Crippen LogP contribution in [0.2, 0.25) is 0 Å². The molecule has 1 aliphatic rings. The highest BCUT2D eigenvalue weighted by Crippen LogP contribution is 2.27. The highest BCUT2D eigenvalue weighted by molar-refractivity contribution is 5.13. The Morgan fingerprint density at radius 2 is 1.88 bits per heavy atom. The Kier molecular flexibility index (Phi) is 3.82. The van der Waals surface area contributed by atoms with Gasteiger partial charge >= 0.3 is 0 Å². The Morgan fingerprint density at radius 3 is 2.47 bits per heavy atom. The molecule has 0 unspecified atom stereocenters. The van der Waals surface area contributed by atoms with E-state index in [9.17, 15) is 0 Å². The summed E-state index contributed by atoms with van der Waals surface area (Å²) in [7, 11) is 0. The summed E-state index contributed by atoms with van der Waals surface area (Å²) in [6.07, 6.45) is 0.106. The molecule has 17 heavy (non-hydrogen) atoms. The molecule has 0 amide bonds. The topological polar surface area (TPSA) is 27.7 Å². The summed E-state index contributed by atoms with van der Waals surface area (Å²) in [5.41, 5.74) is 1.18. The first-order chi connectivity index (χ1) is 8.07. The third-order valence-electron chi connectivity index (χ3n) is 2.82. The number of ether oxygens (including phenoxy) is 3. The highest BCUT2D eigenvalue weighted by atomic mass is 16.8. The maximum atomic E-state index is 5.75. The molecule has 0 spiro atoms. The van der Waals surface area contributed by atoms with Crippen LogP contribution in [0.5, 0.6) is 0 Å². The third-order valence-corrected chi connectivity index (χ3v) is 2.82. The molecule has 0 saturated carbocycles. The van der Waals surface area contributed by atoms with Gasteiger partial charge in [-0.2, -0.15) is 0 Å². The summed E-state index contributed by atoms with van der Waals surface area (Å²) in [6.45, 7) is 7.07. The average molecular weight is 236 g/mol. The molecule has 0 N–H and O–H groups in total. The second-order valence-corrected chi connectivity index (χ2v) is 4.88. The lowest BCUT2D eigenvalue weighted by molar-refractivity contribution is -0.150. The van der Waals surface area contributed by atoms with Crippen LogP contribution < -0.4 is 0 Å². The molecule has 1 aromatic carbocycles. The lowest BCUT2D eigenvalue weighted by atomic mass is 10.2. The summed E-state index contributed by atoms with van der Waals surface area (Å²) in [5.74, 6) is -0.486. The fraction of sp³-hybridized carbons (Fsp3) is 0.571. The van der Waals surface area contributed by atoms with Crippen LogP contribution >= 0.6 is 0 Å². The van der Waals surface area contributed by atoms with Crippen molar-refractivity contribution in [1.29, 1.82) is 0 Å². The summed E-state index contributed by atoms with van der Waals surface area (Å²) >= 11 is 0. The van der Waals surface area contributed by atoms with E-state index in [-0.39, 0.29) is 12.2 Å². The van der Waals surface area contributed by atoms with Crippen LogP contribution in [0.4, 0.5) is 0 Å². The van der Waals surface area contributed by atoms with E-state index in [1.807, 2.05) is 39.0 Å². The number of hydrogen-bond donors (Lipinski definition) is 0. The molecular formula is C14H20O3. The maximum Gasteiger partial charge on any atom is 0.163 e. The van der Waals surface area contributed by atoms with Gasteiger partial charge in [0, 0.05) is 0 Å². The summed E-state index contributed by atoms with van der Waals surface area (Å²) in [4.78, 5) is 0. The Morgan fingerprint density at radius 1 is 1.18 bits per heavy atom. The Balaban J connectivity index is 1.76. The summed E-state index contributed by atoms with van der Waals surface area (Å²) in [6, 6.07) is 10.1. The van der Waals surface area contributed by atoms with Gasteiger partial charge in [0.2, 0.25) is 0 Å². The molecule has 0 aromatic heterocycles. The van der Waals surface area contributed by atoms with Crippen LogP contribution in [0.1, 0.15) is 26.3 Å². The first kappa shape index (κ1) is 12.6. The Hall–Kier alpha value is -0.900. The van der Waals surface area contributed by atoms with Gasteiger partial charge in [-0.1, -0.05) is 30.3 Å². The predicted molar refractivity (Wildman–Crippen MR) is 65.6 cm³/mol. The second-order valence-electron chi connectivity index (χ2n) is 4.88. The Bertz CT molecular complexity index is 348. The van der Waals surface area contributed by atoms with E-state index in [2.05, 4.69) is 12.1 Å². The van der Waals surface area contributed by atoms with Crippen LogP contribution in [0.3, 0.4) is 0 Å². The fourth-order valence-corrected chi connectivity index (χ4v) is 2.05. The van der Waals surface area contributed by atoms with Crippen LogP contribution in [0, 0.1) is 0 Å². The first-order valence-electron chi connectivity index (χ1n) is 6.04. The van der Waals surface area contributed by atoms with Gasteiger partial charge < -0.3 is 14.2 Å². The molecule has 3 heteroatoms. The molecule has 1 saturated heterocycles. The number of rotatable bonds is 4. The SMILES string of the molecule is C[C@H]1OC(C)(C)O[C@H]1COCc1ccccc1. The van der Waals surface area contributed by atoms with Gasteiger partial charge in [-0.15, -0.1) is 0 Å². The molecule has 1 aromatic rings. The van der Waals surface area contributed by atoms with E-state index in [4.69, 9.17) is 14.2 Å². The smallest absolute Gasteiger partial charge is 0.163 e. The molecule has 2 rings (SSSR count). The molecule has 2 atom stereocenters. The minimum Gasteiger partial charge on any atom is -0.374 e. The zero-order chi connectivity index (χ0) is 12.3. The summed E-state index contributed by atoms with van der Waals surface area (Å²) in [5, 5.41) is 0. The van der Waals surface area contributed by atoms with Gasteiger partial charge in [-0.25, -0.2) is 0 Å². The fourth-order valence-electron chi connectivity index (χ4n) is 2.05. The van der Waals surface area contributed by atoms with Gasteiger partial charge in [0.25, 0.3) is 0 Å². The van der Waals surface area contributed by atoms with Crippen LogP contribution in [-0.2, 0) is 20.8 Å². The predicted octanol–water partition coefficient (Wildman–Crippen LogP) is 2.74. The minimum atomic E-state index is -0.486. The molecule has 1 fully saturated rings. The van der Waals surface area contributed by atoms with E-state index < -0.39 is 5.79 Å². The second kappa shape index (κ2) is 5.17. The largest absolute Gasteiger partial charge is 0.374 e. The molecule has 0 radical (unpaired) electrons. The molecular weight excluding hydrogens is 216 g/mol. The molecule has 1 heterocycles. The number of benzene rings is 1. The zero-order valence-electron chi connectivity index (χ0n) is 10.7. The third kappa shape index (κ3) is 3.53. The van der Waals surface area contributed by atoms with Gasteiger partial charge in [-0.3, -0.25) is 0 Å². The normalized spacial score (nSPS) is 27.2. The minimum absolute atomic E-state index is 0.0220. The van der Waals surface area contributed by atoms with Crippen molar-refractivity contribution in [3.05, 3.63) is 35.9 Å². The van der Waals surface area contributed by atoms with Gasteiger partial charge in [0.15, 0.2) is 5.79 Å². The molecule has 1 aliphatic heterocycles. The highest BCUT2D eigenvalue weighted by Gasteiger charge is 2.38. The van der Waals surface area contributed by atoms with Crippen LogP contribution in [-0.4, -0.2) is 24.6 Å². The lowest BCUT2D eigenvalue weighted by Crippen LogP contribution is -2.25. The molecule has 0 aliphatic carbocycles. The van der Waals surface area contributed by atoms with Gasteiger partial charge in [0.05, 0.1) is 19.3 Å². The van der Waals surface area contributed by atoms with E-state index in [1.54, 1.807) is 0 Å². The standard InChI is InChI=1S/C14H20O3/c1-11-13(17-14(2,3)16-11)10-15-9-12-7-5-4-6-8-12/h4-8,11,13H,9-10H2,1-3H3/t11-,13+/m1/s1. The first-order valence-corrected chi connectivity index (χ1v) is 6.04. The van der Waals surface area contributed by atoms with Gasteiger partial charge in [0.1, 0.15) is 6.10 Å². The van der Waals surface area contributed by atoms with Crippen molar-refractivity contribution in [3.63, 3.8) is 0 Å². The van der Waals surface area contributed by atoms with Crippen molar-refractivity contribution in [2.75, 3.05) is 6.61 Å². The average Bonchev–Trinajstić information content (AvgIpc) is 2.53. The zero-order valence-corrected chi connectivity index (χ0v) is 10.7. The van der Waals surface area contributed by atoms with Crippen LogP contribution in [0.15, 0.2) is 30.3 Å². The van der Waals surface area contributed by atoms with Crippen molar-refractivity contribution in [1.82, 2.24) is 0 Å². The van der Waals surface area contributed by atoms with Crippen molar-refractivity contribution in [2.24, 2.45) is 0 Å². The monoisotopic (exact) mass is 236 g/mol. The van der Waals surface area contributed by atoms with Crippen LogP contribution in [0.25, 0.3) is 0 Å². The van der Waals surface area contributed by atoms with Crippen molar-refractivity contribution >= 4 is 0 Å². The molecule has 3 nitrogen and oxygen atoms in total.